The second kappa shape index (κ2) is 9.89. The van der Waals surface area contributed by atoms with Gasteiger partial charge in [0.25, 0.3) is 5.91 Å². The number of carbonyl (C=O) groups excluding carboxylic acids is 1. The number of nitrogens with zero attached hydrogens (tertiary/aromatic N) is 3. The van der Waals surface area contributed by atoms with Gasteiger partial charge in [-0.2, -0.15) is 0 Å². The average Bonchev–Trinajstić information content (AvgIpc) is 2.74. The van der Waals surface area contributed by atoms with Crippen LogP contribution in [0.5, 0.6) is 5.88 Å². The molecule has 1 aromatic heterocycles. The van der Waals surface area contributed by atoms with Gasteiger partial charge in [-0.05, 0) is 37.2 Å². The van der Waals surface area contributed by atoms with Crippen molar-refractivity contribution in [3.63, 3.8) is 0 Å². The Bertz CT molecular complexity index is 857. The van der Waals surface area contributed by atoms with Crippen LogP contribution in [0.4, 0.5) is 10.1 Å². The first-order chi connectivity index (χ1) is 14.0. The van der Waals surface area contributed by atoms with Crippen LogP contribution in [-0.2, 0) is 6.54 Å². The monoisotopic (exact) mass is 420 g/mol. The van der Waals surface area contributed by atoms with Gasteiger partial charge in [0, 0.05) is 38.8 Å². The molecule has 0 spiro atoms. The normalized spacial score (nSPS) is 14.7. The van der Waals surface area contributed by atoms with Crippen LogP contribution in [0.3, 0.4) is 0 Å². The fourth-order valence-electron chi connectivity index (χ4n) is 3.30. The van der Waals surface area contributed by atoms with Crippen molar-refractivity contribution < 1.29 is 13.9 Å². The van der Waals surface area contributed by atoms with E-state index in [0.717, 1.165) is 32.7 Å². The first-order valence-corrected chi connectivity index (χ1v) is 10.2. The van der Waals surface area contributed by atoms with Crippen molar-refractivity contribution in [1.29, 1.82) is 0 Å². The van der Waals surface area contributed by atoms with E-state index < -0.39 is 5.91 Å². The van der Waals surface area contributed by atoms with Crippen molar-refractivity contribution in [2.75, 3.05) is 44.2 Å². The van der Waals surface area contributed by atoms with Crippen LogP contribution >= 0.6 is 11.6 Å². The number of nitrogens with one attached hydrogen (secondary N) is 1. The van der Waals surface area contributed by atoms with Gasteiger partial charge in [-0.25, -0.2) is 9.37 Å². The summed E-state index contributed by atoms with van der Waals surface area (Å²) in [6.07, 6.45) is 0. The zero-order chi connectivity index (χ0) is 20.8. The predicted octanol–water partition coefficient (Wildman–Crippen LogP) is 3.34. The standard InChI is InChI=1S/C21H26ClFN4O2/c1-3-26-9-11-27(12-10-26)18-7-5-15(13-17(18)23)14-24-21(28)20-16(22)6-8-19(25-20)29-4-2/h5-8,13H,3-4,9-12,14H2,1-2H3,(H,24,28). The number of anilines is 1. The van der Waals surface area contributed by atoms with Crippen LogP contribution < -0.4 is 15.0 Å². The molecule has 6 nitrogen and oxygen atoms in total. The van der Waals surface area contributed by atoms with E-state index >= 15 is 0 Å². The van der Waals surface area contributed by atoms with E-state index in [1.54, 1.807) is 18.2 Å². The van der Waals surface area contributed by atoms with E-state index in [1.807, 2.05) is 13.0 Å². The minimum Gasteiger partial charge on any atom is -0.478 e. The number of pyridine rings is 1. The molecule has 1 saturated heterocycles. The maximum atomic E-state index is 14.6. The molecule has 8 heteroatoms. The number of piperazine rings is 1. The summed E-state index contributed by atoms with van der Waals surface area (Å²) in [5.41, 5.74) is 1.36. The molecule has 0 saturated carbocycles. The number of benzene rings is 1. The van der Waals surface area contributed by atoms with Crippen LogP contribution in [0.25, 0.3) is 0 Å². The number of rotatable bonds is 7. The third-order valence-electron chi connectivity index (χ3n) is 4.95. The first-order valence-electron chi connectivity index (χ1n) is 9.85. The van der Waals surface area contributed by atoms with Gasteiger partial charge in [0.15, 0.2) is 5.69 Å². The molecule has 0 aliphatic carbocycles. The lowest BCUT2D eigenvalue weighted by molar-refractivity contribution is 0.0945. The van der Waals surface area contributed by atoms with Crippen LogP contribution in [-0.4, -0.2) is 55.1 Å². The first kappa shape index (κ1) is 21.3. The number of amides is 1. The van der Waals surface area contributed by atoms with Gasteiger partial charge >= 0.3 is 0 Å². The molecule has 156 valence electrons. The molecule has 0 unspecified atom stereocenters. The quantitative estimate of drug-likeness (QED) is 0.744. The molecule has 3 rings (SSSR count). The van der Waals surface area contributed by atoms with Crippen molar-refractivity contribution in [1.82, 2.24) is 15.2 Å². The number of carbonyl (C=O) groups is 1. The molecule has 2 aromatic rings. The van der Waals surface area contributed by atoms with E-state index in [1.165, 1.54) is 6.07 Å². The molecule has 29 heavy (non-hydrogen) atoms. The Hall–Kier alpha value is -2.38. The zero-order valence-corrected chi connectivity index (χ0v) is 17.5. The molecule has 1 fully saturated rings. The van der Waals surface area contributed by atoms with Crippen molar-refractivity contribution >= 4 is 23.2 Å². The smallest absolute Gasteiger partial charge is 0.271 e. The molecule has 2 heterocycles. The van der Waals surface area contributed by atoms with Crippen molar-refractivity contribution in [2.24, 2.45) is 0 Å². The Labute approximate surface area is 175 Å². The Morgan fingerprint density at radius 2 is 1.97 bits per heavy atom. The lowest BCUT2D eigenvalue weighted by Crippen LogP contribution is -2.46. The summed E-state index contributed by atoms with van der Waals surface area (Å²) in [7, 11) is 0. The summed E-state index contributed by atoms with van der Waals surface area (Å²) in [6, 6.07) is 8.25. The van der Waals surface area contributed by atoms with Gasteiger partial charge in [-0.3, -0.25) is 4.79 Å². The molecule has 1 N–H and O–H groups in total. The highest BCUT2D eigenvalue weighted by molar-refractivity contribution is 6.33. The summed E-state index contributed by atoms with van der Waals surface area (Å²) >= 11 is 6.08. The minimum atomic E-state index is -0.434. The maximum absolute atomic E-state index is 14.6. The molecule has 1 aliphatic rings. The topological polar surface area (TPSA) is 57.7 Å². The number of aromatic nitrogens is 1. The molecule has 1 aliphatic heterocycles. The lowest BCUT2D eigenvalue weighted by Gasteiger charge is -2.35. The van der Waals surface area contributed by atoms with Gasteiger partial charge in [-0.1, -0.05) is 24.6 Å². The molecule has 1 amide bonds. The highest BCUT2D eigenvalue weighted by Crippen LogP contribution is 2.22. The molecule has 1 aromatic carbocycles. The largest absolute Gasteiger partial charge is 0.478 e. The highest BCUT2D eigenvalue weighted by atomic mass is 35.5. The third-order valence-corrected chi connectivity index (χ3v) is 5.26. The van der Waals surface area contributed by atoms with Gasteiger partial charge in [-0.15, -0.1) is 0 Å². The summed E-state index contributed by atoms with van der Waals surface area (Å²) < 4.78 is 20.0. The molecular formula is C21H26ClFN4O2. The Balaban J connectivity index is 1.62. The van der Waals surface area contributed by atoms with Crippen LogP contribution in [0.2, 0.25) is 5.02 Å². The van der Waals surface area contributed by atoms with Gasteiger partial charge in [0.2, 0.25) is 5.88 Å². The van der Waals surface area contributed by atoms with Crippen LogP contribution in [0, 0.1) is 5.82 Å². The lowest BCUT2D eigenvalue weighted by atomic mass is 10.1. The van der Waals surface area contributed by atoms with E-state index in [-0.39, 0.29) is 23.1 Å². The van der Waals surface area contributed by atoms with E-state index in [2.05, 4.69) is 27.0 Å². The van der Waals surface area contributed by atoms with Gasteiger partial charge in [0.1, 0.15) is 5.82 Å². The van der Waals surface area contributed by atoms with E-state index in [9.17, 15) is 9.18 Å². The number of hydrogen-bond acceptors (Lipinski definition) is 5. The zero-order valence-electron chi connectivity index (χ0n) is 16.8. The van der Waals surface area contributed by atoms with Gasteiger partial charge in [0.05, 0.1) is 17.3 Å². The van der Waals surface area contributed by atoms with E-state index in [0.29, 0.717) is 23.7 Å². The Morgan fingerprint density at radius 1 is 1.21 bits per heavy atom. The second-order valence-electron chi connectivity index (χ2n) is 6.80. The fourth-order valence-corrected chi connectivity index (χ4v) is 3.49. The third kappa shape index (κ3) is 5.36. The summed E-state index contributed by atoms with van der Waals surface area (Å²) in [5, 5.41) is 2.97. The Kier molecular flexibility index (Phi) is 7.28. The molecule has 0 atom stereocenters. The minimum absolute atomic E-state index is 0.0866. The second-order valence-corrected chi connectivity index (χ2v) is 7.21. The SMILES string of the molecule is CCOc1ccc(Cl)c(C(=O)NCc2ccc(N3CCN(CC)CC3)c(F)c2)n1. The fraction of sp³-hybridized carbons (Fsp3) is 0.429. The Morgan fingerprint density at radius 3 is 2.62 bits per heavy atom. The van der Waals surface area contributed by atoms with Crippen molar-refractivity contribution in [3.05, 3.63) is 52.4 Å². The van der Waals surface area contributed by atoms with Crippen LogP contribution in [0.15, 0.2) is 30.3 Å². The number of halogens is 2. The maximum Gasteiger partial charge on any atom is 0.271 e. The van der Waals surface area contributed by atoms with Gasteiger partial charge < -0.3 is 19.9 Å². The van der Waals surface area contributed by atoms with Crippen molar-refractivity contribution in [3.8, 4) is 5.88 Å². The number of ether oxygens (including phenoxy) is 1. The summed E-state index contributed by atoms with van der Waals surface area (Å²) in [4.78, 5) is 21.0. The van der Waals surface area contributed by atoms with Crippen molar-refractivity contribution in [2.45, 2.75) is 20.4 Å². The summed E-state index contributed by atoms with van der Waals surface area (Å²) in [6.45, 7) is 9.08. The van der Waals surface area contributed by atoms with Crippen LogP contribution in [0.1, 0.15) is 29.9 Å². The molecule has 0 bridgehead atoms. The number of hydrogen-bond donors (Lipinski definition) is 1. The molecular weight excluding hydrogens is 395 g/mol. The summed E-state index contributed by atoms with van der Waals surface area (Å²) in [5.74, 6) is -0.381. The number of likely N-dealkylation sites (N-methyl/N-ethyl adjacent to an activating group) is 1. The highest BCUT2D eigenvalue weighted by Gasteiger charge is 2.19. The predicted molar refractivity (Wildman–Crippen MR) is 112 cm³/mol. The average molecular weight is 421 g/mol. The van der Waals surface area contributed by atoms with E-state index in [4.69, 9.17) is 16.3 Å². The molecule has 0 radical (unpaired) electrons.